The Morgan fingerprint density at radius 2 is 2.10 bits per heavy atom. The average Bonchev–Trinajstić information content (AvgIpc) is 2.74. The van der Waals surface area contributed by atoms with Crippen LogP contribution in [0.4, 0.5) is 15.8 Å². The summed E-state index contributed by atoms with van der Waals surface area (Å²) >= 11 is 0. The second-order valence-electron chi connectivity index (χ2n) is 4.60. The summed E-state index contributed by atoms with van der Waals surface area (Å²) in [6.07, 6.45) is -0.390. The van der Waals surface area contributed by atoms with Crippen molar-refractivity contribution in [2.75, 3.05) is 11.4 Å². The Balaban J connectivity index is 2.55. The lowest BCUT2D eigenvalue weighted by Crippen LogP contribution is -2.28. The van der Waals surface area contributed by atoms with Crippen LogP contribution in [0.1, 0.15) is 12.0 Å². The molecule has 1 unspecified atom stereocenters. The van der Waals surface area contributed by atoms with Gasteiger partial charge in [0, 0.05) is 35.3 Å². The number of rotatable bonds is 3. The molecule has 0 spiro atoms. The minimum Gasteiger partial charge on any atom is -0.305 e. The summed E-state index contributed by atoms with van der Waals surface area (Å²) in [6.45, 7) is 0.948. The van der Waals surface area contributed by atoms with Gasteiger partial charge in [0.25, 0.3) is 5.69 Å². The standard InChI is InChI=1S/C11H10ClFN2O5S/c1-6-8(13)2-3-9(15(17)18)11(6)14-5-7(4-10(14)16)21(12,19)20/h2-3,7H,4-5H2,1H3. The van der Waals surface area contributed by atoms with Gasteiger partial charge < -0.3 is 4.90 Å². The van der Waals surface area contributed by atoms with E-state index in [4.69, 9.17) is 10.7 Å². The molecule has 0 aromatic heterocycles. The number of amides is 1. The Morgan fingerprint density at radius 3 is 2.57 bits per heavy atom. The van der Waals surface area contributed by atoms with E-state index in [9.17, 15) is 27.7 Å². The van der Waals surface area contributed by atoms with Crippen LogP contribution in [0.3, 0.4) is 0 Å². The quantitative estimate of drug-likeness (QED) is 0.475. The summed E-state index contributed by atoms with van der Waals surface area (Å²) < 4.78 is 36.2. The lowest BCUT2D eigenvalue weighted by molar-refractivity contribution is -0.384. The van der Waals surface area contributed by atoms with Crippen molar-refractivity contribution in [3.05, 3.63) is 33.6 Å². The van der Waals surface area contributed by atoms with Crippen molar-refractivity contribution < 1.29 is 22.5 Å². The molecule has 7 nitrogen and oxygen atoms in total. The van der Waals surface area contributed by atoms with Crippen molar-refractivity contribution in [2.24, 2.45) is 0 Å². The van der Waals surface area contributed by atoms with Crippen LogP contribution in [-0.4, -0.2) is 31.0 Å². The Hall–Kier alpha value is -1.74. The van der Waals surface area contributed by atoms with Gasteiger partial charge >= 0.3 is 0 Å². The van der Waals surface area contributed by atoms with E-state index in [1.54, 1.807) is 0 Å². The Bertz CT molecular complexity index is 736. The normalized spacial score (nSPS) is 19.1. The Kier molecular flexibility index (Phi) is 3.89. The van der Waals surface area contributed by atoms with E-state index in [2.05, 4.69) is 0 Å². The van der Waals surface area contributed by atoms with E-state index >= 15 is 0 Å². The minimum atomic E-state index is -3.99. The molecule has 0 saturated carbocycles. The Labute approximate surface area is 123 Å². The van der Waals surface area contributed by atoms with Crippen LogP contribution in [0.25, 0.3) is 0 Å². The maximum Gasteiger partial charge on any atom is 0.293 e. The molecule has 0 radical (unpaired) electrons. The zero-order chi connectivity index (χ0) is 15.9. The van der Waals surface area contributed by atoms with Crippen LogP contribution in [0.2, 0.25) is 0 Å². The van der Waals surface area contributed by atoms with Crippen LogP contribution < -0.4 is 4.90 Å². The topological polar surface area (TPSA) is 97.6 Å². The summed E-state index contributed by atoms with van der Waals surface area (Å²) in [5.41, 5.74) is -0.784. The summed E-state index contributed by atoms with van der Waals surface area (Å²) in [6, 6.07) is 1.86. The van der Waals surface area contributed by atoms with Crippen molar-refractivity contribution in [3.63, 3.8) is 0 Å². The first-order valence-electron chi connectivity index (χ1n) is 5.80. The highest BCUT2D eigenvalue weighted by atomic mass is 35.7. The van der Waals surface area contributed by atoms with Crippen LogP contribution in [-0.2, 0) is 13.8 Å². The number of nitro benzene ring substituents is 1. The number of carbonyl (C=O) groups excluding carboxylic acids is 1. The van der Waals surface area contributed by atoms with Gasteiger partial charge in [0.15, 0.2) is 0 Å². The lowest BCUT2D eigenvalue weighted by atomic mass is 10.1. The molecule has 1 aromatic carbocycles. The van der Waals surface area contributed by atoms with E-state index < -0.39 is 36.6 Å². The highest BCUT2D eigenvalue weighted by Crippen LogP contribution is 2.37. The zero-order valence-corrected chi connectivity index (χ0v) is 12.3. The predicted octanol–water partition coefficient (Wildman–Crippen LogP) is 1.72. The largest absolute Gasteiger partial charge is 0.305 e. The zero-order valence-electron chi connectivity index (χ0n) is 10.7. The third-order valence-corrected chi connectivity index (χ3v) is 5.17. The molecule has 10 heteroatoms. The molecular formula is C11H10ClFN2O5S. The predicted molar refractivity (Wildman–Crippen MR) is 73.3 cm³/mol. The van der Waals surface area contributed by atoms with Gasteiger partial charge in [-0.2, -0.15) is 0 Å². The van der Waals surface area contributed by atoms with Gasteiger partial charge in [-0.15, -0.1) is 0 Å². The molecule has 1 aromatic rings. The number of hydrogen-bond acceptors (Lipinski definition) is 5. The molecule has 1 heterocycles. The fourth-order valence-corrected chi connectivity index (χ4v) is 3.26. The van der Waals surface area contributed by atoms with E-state index in [0.717, 1.165) is 17.0 Å². The maximum absolute atomic E-state index is 13.6. The minimum absolute atomic E-state index is 0.0924. The second-order valence-corrected chi connectivity index (χ2v) is 7.51. The number of carbonyl (C=O) groups is 1. The van der Waals surface area contributed by atoms with Crippen LogP contribution in [0.5, 0.6) is 0 Å². The molecule has 1 atom stereocenters. The number of halogens is 2. The summed E-state index contributed by atoms with van der Waals surface area (Å²) in [7, 11) is 1.23. The van der Waals surface area contributed by atoms with Gasteiger partial charge in [-0.3, -0.25) is 14.9 Å². The van der Waals surface area contributed by atoms with E-state index in [0.29, 0.717) is 0 Å². The fraction of sp³-hybridized carbons (Fsp3) is 0.364. The van der Waals surface area contributed by atoms with Gasteiger partial charge in [-0.25, -0.2) is 12.8 Å². The van der Waals surface area contributed by atoms with E-state index in [1.165, 1.54) is 6.92 Å². The first-order chi connectivity index (χ1) is 9.62. The summed E-state index contributed by atoms with van der Waals surface area (Å²) in [5.74, 6) is -1.37. The maximum atomic E-state index is 13.6. The van der Waals surface area contributed by atoms with Gasteiger partial charge in [0.05, 0.1) is 4.92 Å². The number of nitrogens with zero attached hydrogens (tertiary/aromatic N) is 2. The molecule has 1 saturated heterocycles. The first-order valence-corrected chi connectivity index (χ1v) is 8.17. The van der Waals surface area contributed by atoms with Crippen LogP contribution in [0, 0.1) is 22.9 Å². The lowest BCUT2D eigenvalue weighted by Gasteiger charge is -2.18. The second kappa shape index (κ2) is 5.23. The van der Waals surface area contributed by atoms with Crippen molar-refractivity contribution >= 4 is 37.0 Å². The number of benzene rings is 1. The first kappa shape index (κ1) is 15.6. The third-order valence-electron chi connectivity index (χ3n) is 3.30. The van der Waals surface area contributed by atoms with Crippen molar-refractivity contribution in [1.82, 2.24) is 0 Å². The molecule has 1 fully saturated rings. The van der Waals surface area contributed by atoms with Gasteiger partial charge in [-0.1, -0.05) is 0 Å². The van der Waals surface area contributed by atoms with E-state index in [-0.39, 0.29) is 24.2 Å². The van der Waals surface area contributed by atoms with Crippen molar-refractivity contribution in [1.29, 1.82) is 0 Å². The molecular weight excluding hydrogens is 327 g/mol. The molecule has 2 rings (SSSR count). The van der Waals surface area contributed by atoms with Gasteiger partial charge in [-0.05, 0) is 13.0 Å². The highest BCUT2D eigenvalue weighted by molar-refractivity contribution is 8.14. The molecule has 0 N–H and O–H groups in total. The van der Waals surface area contributed by atoms with Gasteiger partial charge in [0.1, 0.15) is 16.8 Å². The average molecular weight is 337 g/mol. The molecule has 114 valence electrons. The molecule has 0 bridgehead atoms. The SMILES string of the molecule is Cc1c(F)ccc([N+](=O)[O-])c1N1CC(S(=O)(=O)Cl)CC1=O. The molecule has 0 aliphatic carbocycles. The smallest absolute Gasteiger partial charge is 0.293 e. The van der Waals surface area contributed by atoms with Crippen LogP contribution in [0.15, 0.2) is 12.1 Å². The molecule has 1 aliphatic rings. The number of anilines is 1. The third kappa shape index (κ3) is 2.84. The summed E-state index contributed by atoms with van der Waals surface area (Å²) in [4.78, 5) is 23.1. The fourth-order valence-electron chi connectivity index (χ4n) is 2.23. The monoisotopic (exact) mass is 336 g/mol. The molecule has 21 heavy (non-hydrogen) atoms. The van der Waals surface area contributed by atoms with E-state index in [1.807, 2.05) is 0 Å². The van der Waals surface area contributed by atoms with Crippen molar-refractivity contribution in [2.45, 2.75) is 18.6 Å². The summed E-state index contributed by atoms with van der Waals surface area (Å²) in [5, 5.41) is 9.86. The number of nitro groups is 1. The molecule has 1 amide bonds. The Morgan fingerprint density at radius 1 is 1.48 bits per heavy atom. The van der Waals surface area contributed by atoms with Crippen LogP contribution >= 0.6 is 10.7 Å². The molecule has 1 aliphatic heterocycles. The number of hydrogen-bond donors (Lipinski definition) is 0. The van der Waals surface area contributed by atoms with Gasteiger partial charge in [0.2, 0.25) is 15.0 Å². The van der Waals surface area contributed by atoms with Crippen molar-refractivity contribution in [3.8, 4) is 0 Å². The highest BCUT2D eigenvalue weighted by Gasteiger charge is 2.41.